The average molecular weight is 211 g/mol. The number of fused-ring (bicyclic) bond motifs is 2. The molecule has 2 aliphatic rings. The number of nitrogens with zero attached hydrogens (tertiary/aromatic N) is 1. The zero-order valence-corrected chi connectivity index (χ0v) is 9.16. The summed E-state index contributed by atoms with van der Waals surface area (Å²) in [5.41, 5.74) is 0.341. The van der Waals surface area contributed by atoms with Crippen LogP contribution in [0.5, 0.6) is 0 Å². The van der Waals surface area contributed by atoms with Gasteiger partial charge < -0.3 is 10.3 Å². The summed E-state index contributed by atoms with van der Waals surface area (Å²) in [5.74, 6) is -0.390. The molecule has 2 N–H and O–H groups in total. The Kier molecular flexibility index (Phi) is 2.07. The molecule has 2 bridgehead atoms. The van der Waals surface area contributed by atoms with Crippen LogP contribution < -0.4 is 0 Å². The molecule has 4 heteroatoms. The van der Waals surface area contributed by atoms with Gasteiger partial charge in [-0.3, -0.25) is 4.79 Å². The molecule has 0 spiro atoms. The maximum atomic E-state index is 10.9. The van der Waals surface area contributed by atoms with Crippen molar-refractivity contribution in [3.8, 4) is 0 Å². The fourth-order valence-electron chi connectivity index (χ4n) is 3.58. The topological polar surface area (TPSA) is 69.9 Å². The number of oxime groups is 1. The highest BCUT2D eigenvalue weighted by atomic mass is 16.4. The highest BCUT2D eigenvalue weighted by Crippen LogP contribution is 2.65. The van der Waals surface area contributed by atoms with Gasteiger partial charge in [-0.2, -0.15) is 0 Å². The van der Waals surface area contributed by atoms with Gasteiger partial charge in [-0.05, 0) is 30.6 Å². The van der Waals surface area contributed by atoms with Gasteiger partial charge in [0.15, 0.2) is 0 Å². The Balaban J connectivity index is 2.39. The normalized spacial score (nSPS) is 46.3. The van der Waals surface area contributed by atoms with E-state index >= 15 is 0 Å². The Hall–Kier alpha value is -1.06. The molecular weight excluding hydrogens is 194 g/mol. The van der Waals surface area contributed by atoms with Crippen LogP contribution >= 0.6 is 0 Å². The third-order valence-corrected chi connectivity index (χ3v) is 4.87. The van der Waals surface area contributed by atoms with Gasteiger partial charge in [0.05, 0.1) is 12.1 Å². The first-order valence-electron chi connectivity index (χ1n) is 5.37. The first-order chi connectivity index (χ1) is 6.94. The predicted molar refractivity (Wildman–Crippen MR) is 55.0 cm³/mol. The Morgan fingerprint density at radius 3 is 2.73 bits per heavy atom. The molecule has 0 aliphatic heterocycles. The third-order valence-electron chi connectivity index (χ3n) is 4.87. The molecule has 0 heterocycles. The van der Waals surface area contributed by atoms with E-state index in [9.17, 15) is 4.79 Å². The van der Waals surface area contributed by atoms with Crippen LogP contribution in [-0.4, -0.2) is 22.0 Å². The molecule has 84 valence electrons. The summed E-state index contributed by atoms with van der Waals surface area (Å²) in [6, 6.07) is 0. The Labute approximate surface area is 89.0 Å². The molecule has 0 saturated heterocycles. The van der Waals surface area contributed by atoms with Crippen molar-refractivity contribution in [3.63, 3.8) is 0 Å². The molecule has 0 unspecified atom stereocenters. The molecular formula is C11H17NO3. The van der Waals surface area contributed by atoms with Gasteiger partial charge in [0.25, 0.3) is 0 Å². The van der Waals surface area contributed by atoms with Gasteiger partial charge in [-0.15, -0.1) is 0 Å². The second kappa shape index (κ2) is 2.97. The fourth-order valence-corrected chi connectivity index (χ4v) is 3.58. The minimum Gasteiger partial charge on any atom is -0.481 e. The quantitative estimate of drug-likeness (QED) is 0.543. The van der Waals surface area contributed by atoms with Crippen LogP contribution in [0.4, 0.5) is 0 Å². The van der Waals surface area contributed by atoms with E-state index in [0.717, 1.165) is 25.0 Å². The summed E-state index contributed by atoms with van der Waals surface area (Å²) in [5, 5.41) is 21.3. The van der Waals surface area contributed by atoms with Gasteiger partial charge in [0.1, 0.15) is 0 Å². The van der Waals surface area contributed by atoms with Crippen LogP contribution in [0.2, 0.25) is 0 Å². The van der Waals surface area contributed by atoms with Crippen LogP contribution in [0.15, 0.2) is 5.16 Å². The van der Waals surface area contributed by atoms with Crippen molar-refractivity contribution in [3.05, 3.63) is 0 Å². The summed E-state index contributed by atoms with van der Waals surface area (Å²) in [6.07, 6.45) is 2.93. The molecule has 2 aliphatic carbocycles. The lowest BCUT2D eigenvalue weighted by molar-refractivity contribution is -0.141. The molecule has 0 radical (unpaired) electrons. The number of rotatable bonds is 2. The fraction of sp³-hybridized carbons (Fsp3) is 0.818. The van der Waals surface area contributed by atoms with E-state index in [2.05, 4.69) is 5.16 Å². The molecule has 2 rings (SSSR count). The minimum atomic E-state index is -0.755. The van der Waals surface area contributed by atoms with Crippen LogP contribution in [-0.2, 0) is 4.79 Å². The Bertz CT molecular complexity index is 339. The molecule has 0 aromatic heterocycles. The predicted octanol–water partition coefficient (Wildman–Crippen LogP) is 2.12. The van der Waals surface area contributed by atoms with Crippen molar-refractivity contribution in [2.75, 3.05) is 0 Å². The number of carbonyl (C=O) groups is 1. The van der Waals surface area contributed by atoms with Crippen molar-refractivity contribution in [1.29, 1.82) is 0 Å². The number of aliphatic carboxylic acids is 1. The summed E-state index contributed by atoms with van der Waals surface area (Å²) in [4.78, 5) is 10.9. The maximum Gasteiger partial charge on any atom is 0.303 e. The summed E-state index contributed by atoms with van der Waals surface area (Å²) in [7, 11) is 0. The summed E-state index contributed by atoms with van der Waals surface area (Å²) in [6.45, 7) is 4.06. The van der Waals surface area contributed by atoms with Crippen molar-refractivity contribution < 1.29 is 15.1 Å². The van der Waals surface area contributed by atoms with Crippen molar-refractivity contribution >= 4 is 11.7 Å². The first kappa shape index (κ1) is 10.5. The second-order valence-electron chi connectivity index (χ2n) is 5.31. The van der Waals surface area contributed by atoms with Crippen molar-refractivity contribution in [2.24, 2.45) is 21.9 Å². The van der Waals surface area contributed by atoms with Crippen LogP contribution in [0.25, 0.3) is 0 Å². The van der Waals surface area contributed by atoms with Gasteiger partial charge in [0, 0.05) is 5.41 Å². The highest BCUT2D eigenvalue weighted by Gasteiger charge is 2.63. The molecule has 15 heavy (non-hydrogen) atoms. The highest BCUT2D eigenvalue weighted by molar-refractivity contribution is 5.94. The van der Waals surface area contributed by atoms with Gasteiger partial charge in [0.2, 0.25) is 0 Å². The van der Waals surface area contributed by atoms with Crippen molar-refractivity contribution in [2.45, 2.75) is 39.5 Å². The van der Waals surface area contributed by atoms with Gasteiger partial charge in [-0.25, -0.2) is 0 Å². The van der Waals surface area contributed by atoms with E-state index in [4.69, 9.17) is 10.3 Å². The van der Waals surface area contributed by atoms with Crippen LogP contribution in [0, 0.1) is 16.7 Å². The average Bonchev–Trinajstić information content (AvgIpc) is 2.49. The molecule has 3 atom stereocenters. The lowest BCUT2D eigenvalue weighted by atomic mass is 9.67. The monoisotopic (exact) mass is 211 g/mol. The molecule has 4 nitrogen and oxygen atoms in total. The van der Waals surface area contributed by atoms with Crippen LogP contribution in [0.3, 0.4) is 0 Å². The van der Waals surface area contributed by atoms with Gasteiger partial charge >= 0.3 is 5.97 Å². The number of hydrogen-bond donors (Lipinski definition) is 2. The van der Waals surface area contributed by atoms with E-state index in [1.807, 2.05) is 13.8 Å². The van der Waals surface area contributed by atoms with E-state index in [-0.39, 0.29) is 17.3 Å². The second-order valence-corrected chi connectivity index (χ2v) is 5.31. The maximum absolute atomic E-state index is 10.9. The number of carboxylic acid groups (broad SMARTS) is 1. The van der Waals surface area contributed by atoms with Gasteiger partial charge in [-0.1, -0.05) is 19.0 Å². The van der Waals surface area contributed by atoms with E-state index in [1.54, 1.807) is 0 Å². The SMILES string of the molecule is C[C@@]12CC[C@@H](C/C1=N/O)[C@@]2(C)CC(=O)O. The van der Waals surface area contributed by atoms with Crippen LogP contribution in [0.1, 0.15) is 39.5 Å². The third kappa shape index (κ3) is 1.13. The number of hydrogen-bond acceptors (Lipinski definition) is 3. The summed E-state index contributed by atoms with van der Waals surface area (Å²) >= 11 is 0. The first-order valence-corrected chi connectivity index (χ1v) is 5.37. The van der Waals surface area contributed by atoms with E-state index in [1.165, 1.54) is 0 Å². The Morgan fingerprint density at radius 2 is 2.27 bits per heavy atom. The van der Waals surface area contributed by atoms with E-state index in [0.29, 0.717) is 5.92 Å². The Morgan fingerprint density at radius 1 is 1.60 bits per heavy atom. The largest absolute Gasteiger partial charge is 0.481 e. The smallest absolute Gasteiger partial charge is 0.303 e. The molecule has 0 aromatic rings. The molecule has 0 amide bonds. The lowest BCUT2D eigenvalue weighted by Crippen LogP contribution is -2.36. The molecule has 2 fully saturated rings. The molecule has 0 aromatic carbocycles. The van der Waals surface area contributed by atoms with E-state index < -0.39 is 5.97 Å². The lowest BCUT2D eigenvalue weighted by Gasteiger charge is -2.36. The standard InChI is InChI=1S/C11H17NO3/c1-10-4-3-7(5-8(10)12-15)11(10,2)6-9(13)14/h7,15H,3-6H2,1-2H3,(H,13,14)/b12-8-/t7-,10+,11+/m0/s1. The minimum absolute atomic E-state index is 0.174. The zero-order chi connectivity index (χ0) is 11.3. The zero-order valence-electron chi connectivity index (χ0n) is 9.16. The summed E-state index contributed by atoms with van der Waals surface area (Å²) < 4.78 is 0. The molecule has 2 saturated carbocycles. The van der Waals surface area contributed by atoms with Crippen molar-refractivity contribution in [1.82, 2.24) is 0 Å². The number of carboxylic acids is 1.